The van der Waals surface area contributed by atoms with E-state index in [2.05, 4.69) is 10.3 Å². The molecule has 1 heterocycles. The Balaban J connectivity index is 0.00000220. The first kappa shape index (κ1) is 17.6. The van der Waals surface area contributed by atoms with Crippen LogP contribution in [0.25, 0.3) is 11.3 Å². The second-order valence-corrected chi connectivity index (χ2v) is 5.45. The normalized spacial score (nSPS) is 11.6. The molecule has 5 nitrogen and oxygen atoms in total. The minimum Gasteiger partial charge on any atom is -0.383 e. The number of hydrogen-bond acceptors (Lipinski definition) is 5. The number of nitrogens with two attached hydrogens (primary N) is 1. The summed E-state index contributed by atoms with van der Waals surface area (Å²) in [5.74, 6) is -0.265. The van der Waals surface area contributed by atoms with Crippen molar-refractivity contribution in [1.29, 1.82) is 0 Å². The van der Waals surface area contributed by atoms with Crippen LogP contribution in [0.3, 0.4) is 0 Å². The van der Waals surface area contributed by atoms with Crippen molar-refractivity contribution < 1.29 is 9.53 Å². The average Bonchev–Trinajstić information content (AvgIpc) is 2.86. The Labute approximate surface area is 133 Å². The fourth-order valence-electron chi connectivity index (χ4n) is 1.74. The summed E-state index contributed by atoms with van der Waals surface area (Å²) < 4.78 is 4.86. The molecule has 0 fully saturated rings. The molecule has 0 aliphatic carbocycles. The quantitative estimate of drug-likeness (QED) is 0.884. The number of aryl methyl sites for hydroxylation is 1. The zero-order valence-corrected chi connectivity index (χ0v) is 13.5. The van der Waals surface area contributed by atoms with E-state index in [0.717, 1.165) is 16.3 Å². The summed E-state index contributed by atoms with van der Waals surface area (Å²) in [4.78, 5) is 16.3. The van der Waals surface area contributed by atoms with Crippen molar-refractivity contribution >= 4 is 35.3 Å². The Morgan fingerprint density at radius 3 is 2.90 bits per heavy atom. The van der Waals surface area contributed by atoms with Crippen LogP contribution in [0.15, 0.2) is 29.6 Å². The van der Waals surface area contributed by atoms with Crippen LogP contribution in [-0.2, 0) is 9.53 Å². The van der Waals surface area contributed by atoms with Crippen molar-refractivity contribution in [2.75, 3.05) is 19.0 Å². The van der Waals surface area contributed by atoms with Crippen LogP contribution in [0.4, 0.5) is 5.69 Å². The van der Waals surface area contributed by atoms with Crippen molar-refractivity contribution in [3.63, 3.8) is 0 Å². The van der Waals surface area contributed by atoms with E-state index in [0.29, 0.717) is 5.69 Å². The minimum atomic E-state index is -0.676. The topological polar surface area (TPSA) is 77.2 Å². The number of amides is 1. The van der Waals surface area contributed by atoms with Crippen LogP contribution in [0.5, 0.6) is 0 Å². The Morgan fingerprint density at radius 2 is 2.29 bits per heavy atom. The zero-order chi connectivity index (χ0) is 14.5. The van der Waals surface area contributed by atoms with Crippen LogP contribution >= 0.6 is 23.7 Å². The smallest absolute Gasteiger partial charge is 0.243 e. The molecule has 3 N–H and O–H groups in total. The monoisotopic (exact) mass is 327 g/mol. The van der Waals surface area contributed by atoms with Gasteiger partial charge in [-0.15, -0.1) is 23.7 Å². The van der Waals surface area contributed by atoms with E-state index >= 15 is 0 Å². The molecule has 0 saturated carbocycles. The largest absolute Gasteiger partial charge is 0.383 e. The Hall–Kier alpha value is -1.47. The summed E-state index contributed by atoms with van der Waals surface area (Å²) in [6.07, 6.45) is 0. The number of carbonyl (C=O) groups is 1. The molecule has 1 aromatic carbocycles. The van der Waals surface area contributed by atoms with Gasteiger partial charge in [-0.2, -0.15) is 0 Å². The van der Waals surface area contributed by atoms with E-state index in [1.165, 1.54) is 7.11 Å². The molecule has 1 atom stereocenters. The van der Waals surface area contributed by atoms with Gasteiger partial charge in [0, 0.05) is 23.7 Å². The van der Waals surface area contributed by atoms with E-state index in [9.17, 15) is 4.79 Å². The van der Waals surface area contributed by atoms with Gasteiger partial charge in [0.25, 0.3) is 0 Å². The maximum Gasteiger partial charge on any atom is 0.243 e. The third kappa shape index (κ3) is 4.78. The van der Waals surface area contributed by atoms with E-state index in [1.54, 1.807) is 11.3 Å². The van der Waals surface area contributed by atoms with Gasteiger partial charge in [-0.1, -0.05) is 12.1 Å². The summed E-state index contributed by atoms with van der Waals surface area (Å²) in [6, 6.07) is 6.86. The first-order valence-electron chi connectivity index (χ1n) is 6.18. The van der Waals surface area contributed by atoms with Gasteiger partial charge in [-0.05, 0) is 19.1 Å². The molecule has 0 bridgehead atoms. The highest BCUT2D eigenvalue weighted by atomic mass is 35.5. The predicted octanol–water partition coefficient (Wildman–Crippen LogP) is 2.45. The number of aromatic nitrogens is 1. The summed E-state index contributed by atoms with van der Waals surface area (Å²) >= 11 is 1.60. The molecule has 0 radical (unpaired) electrons. The molecule has 21 heavy (non-hydrogen) atoms. The van der Waals surface area contributed by atoms with Crippen LogP contribution in [0.1, 0.15) is 5.01 Å². The molecule has 1 aromatic heterocycles. The van der Waals surface area contributed by atoms with Crippen LogP contribution in [0.2, 0.25) is 0 Å². The number of hydrogen-bond donors (Lipinski definition) is 2. The molecular formula is C14H18ClN3O2S. The van der Waals surface area contributed by atoms with Gasteiger partial charge < -0.3 is 15.8 Å². The highest BCUT2D eigenvalue weighted by Gasteiger charge is 2.13. The lowest BCUT2D eigenvalue weighted by molar-refractivity contribution is -0.118. The summed E-state index contributed by atoms with van der Waals surface area (Å²) in [6.45, 7) is 2.15. The maximum atomic E-state index is 11.8. The molecule has 114 valence electrons. The predicted molar refractivity (Wildman–Crippen MR) is 88.0 cm³/mol. The average molecular weight is 328 g/mol. The summed E-state index contributed by atoms with van der Waals surface area (Å²) in [5.41, 5.74) is 8.25. The van der Waals surface area contributed by atoms with Gasteiger partial charge in [0.1, 0.15) is 6.04 Å². The maximum absolute atomic E-state index is 11.8. The van der Waals surface area contributed by atoms with Crippen molar-refractivity contribution in [3.05, 3.63) is 34.7 Å². The van der Waals surface area contributed by atoms with Crippen molar-refractivity contribution in [3.8, 4) is 11.3 Å². The summed E-state index contributed by atoms with van der Waals surface area (Å²) in [5, 5.41) is 5.78. The molecule has 2 rings (SSSR count). The van der Waals surface area contributed by atoms with Crippen molar-refractivity contribution in [1.82, 2.24) is 4.98 Å². The van der Waals surface area contributed by atoms with Gasteiger partial charge in [-0.3, -0.25) is 4.79 Å². The first-order chi connectivity index (χ1) is 9.60. The molecule has 1 amide bonds. The molecule has 2 aromatic rings. The highest BCUT2D eigenvalue weighted by Crippen LogP contribution is 2.24. The highest BCUT2D eigenvalue weighted by molar-refractivity contribution is 7.09. The second-order valence-electron chi connectivity index (χ2n) is 4.38. The molecule has 0 aliphatic rings. The number of nitrogens with one attached hydrogen (secondary N) is 1. The Bertz CT molecular complexity index is 603. The number of halogens is 1. The number of ether oxygens (including phenoxy) is 1. The van der Waals surface area contributed by atoms with Crippen LogP contribution < -0.4 is 11.1 Å². The van der Waals surface area contributed by atoms with Crippen molar-refractivity contribution in [2.24, 2.45) is 5.73 Å². The molecule has 0 spiro atoms. The van der Waals surface area contributed by atoms with E-state index in [1.807, 2.05) is 36.6 Å². The van der Waals surface area contributed by atoms with E-state index in [-0.39, 0.29) is 24.9 Å². The number of thiazole rings is 1. The first-order valence-corrected chi connectivity index (χ1v) is 7.06. The molecule has 0 saturated heterocycles. The molecule has 1 unspecified atom stereocenters. The fraction of sp³-hybridized carbons (Fsp3) is 0.286. The number of nitrogens with zero attached hydrogens (tertiary/aromatic N) is 1. The van der Waals surface area contributed by atoms with E-state index < -0.39 is 6.04 Å². The summed E-state index contributed by atoms with van der Waals surface area (Å²) in [7, 11) is 1.51. The zero-order valence-electron chi connectivity index (χ0n) is 11.8. The Kier molecular flexibility index (Phi) is 6.77. The third-order valence-electron chi connectivity index (χ3n) is 2.73. The van der Waals surface area contributed by atoms with Crippen LogP contribution in [-0.4, -0.2) is 30.6 Å². The lowest BCUT2D eigenvalue weighted by atomic mass is 10.1. The third-order valence-corrected chi connectivity index (χ3v) is 3.50. The molecule has 7 heteroatoms. The number of benzene rings is 1. The number of methoxy groups -OCH3 is 1. The van der Waals surface area contributed by atoms with Gasteiger partial charge >= 0.3 is 0 Å². The lowest BCUT2D eigenvalue weighted by Crippen LogP contribution is -2.39. The van der Waals surface area contributed by atoms with Gasteiger partial charge in [0.05, 0.1) is 17.3 Å². The Morgan fingerprint density at radius 1 is 1.52 bits per heavy atom. The van der Waals surface area contributed by atoms with Gasteiger partial charge in [0.2, 0.25) is 5.91 Å². The number of anilines is 1. The second kappa shape index (κ2) is 8.09. The molecular weight excluding hydrogens is 310 g/mol. The minimum absolute atomic E-state index is 0. The van der Waals surface area contributed by atoms with E-state index in [4.69, 9.17) is 10.5 Å². The molecule has 0 aliphatic heterocycles. The standard InChI is InChI=1S/C14H17N3O2S.ClH/c1-9-16-13(8-20-9)10-4-3-5-11(6-10)17-14(18)12(15)7-19-2;/h3-6,8,12H,7,15H2,1-2H3,(H,17,18);1H. The lowest BCUT2D eigenvalue weighted by Gasteiger charge is -2.11. The SMILES string of the molecule is COCC(N)C(=O)Nc1cccc(-c2csc(C)n2)c1.Cl. The number of carbonyl (C=O) groups excluding carboxylic acids is 1. The fourth-order valence-corrected chi connectivity index (χ4v) is 2.36. The van der Waals surface area contributed by atoms with Gasteiger partial charge in [-0.25, -0.2) is 4.98 Å². The number of rotatable bonds is 5. The van der Waals surface area contributed by atoms with Crippen molar-refractivity contribution in [2.45, 2.75) is 13.0 Å². The van der Waals surface area contributed by atoms with Gasteiger partial charge in [0.15, 0.2) is 0 Å². The van der Waals surface area contributed by atoms with Crippen LogP contribution in [0, 0.1) is 6.92 Å².